The highest BCUT2D eigenvalue weighted by atomic mass is 16.5. The van der Waals surface area contributed by atoms with E-state index in [1.807, 2.05) is 39.8 Å². The highest BCUT2D eigenvalue weighted by Gasteiger charge is 2.34. The smallest absolute Gasteiger partial charge is 0.243 e. The summed E-state index contributed by atoms with van der Waals surface area (Å²) in [6.45, 7) is 17.3. The number of H-pyrrole nitrogens is 1. The molecule has 6 nitrogen and oxygen atoms in total. The van der Waals surface area contributed by atoms with Crippen LogP contribution < -0.4 is 5.48 Å². The van der Waals surface area contributed by atoms with Crippen molar-refractivity contribution in [1.82, 2.24) is 10.5 Å². The molecule has 2 rings (SSSR count). The molecule has 0 saturated carbocycles. The molecular weight excluding hydrogens is 452 g/mol. The van der Waals surface area contributed by atoms with Gasteiger partial charge in [-0.2, -0.15) is 0 Å². The van der Waals surface area contributed by atoms with Gasteiger partial charge in [0.15, 0.2) is 0 Å². The minimum Gasteiger partial charge on any atom is -0.390 e. The van der Waals surface area contributed by atoms with Gasteiger partial charge in [-0.15, -0.1) is 0 Å². The summed E-state index contributed by atoms with van der Waals surface area (Å²) in [5.74, 6) is -0.392. The Morgan fingerprint density at radius 2 is 1.94 bits per heavy atom. The third kappa shape index (κ3) is 7.42. The lowest BCUT2D eigenvalue weighted by atomic mass is 9.69. The molecule has 0 aliphatic rings. The molecule has 2 aromatic rings. The van der Waals surface area contributed by atoms with Crippen molar-refractivity contribution >= 4 is 16.8 Å². The first-order valence-electron chi connectivity index (χ1n) is 12.8. The third-order valence-electron chi connectivity index (χ3n) is 6.98. The van der Waals surface area contributed by atoms with Crippen LogP contribution in [0, 0.1) is 5.41 Å². The second-order valence-corrected chi connectivity index (χ2v) is 10.7. The van der Waals surface area contributed by atoms with Crippen LogP contribution in [0.1, 0.15) is 71.9 Å². The molecule has 0 fully saturated rings. The molecule has 0 radical (unpaired) electrons. The van der Waals surface area contributed by atoms with Crippen molar-refractivity contribution in [3.8, 4) is 0 Å². The lowest BCUT2D eigenvalue weighted by Gasteiger charge is -2.34. The molecule has 1 atom stereocenters. The summed E-state index contributed by atoms with van der Waals surface area (Å²) in [4.78, 5) is 14.9. The van der Waals surface area contributed by atoms with Gasteiger partial charge in [0.25, 0.3) is 0 Å². The first-order chi connectivity index (χ1) is 17.0. The van der Waals surface area contributed by atoms with Crippen LogP contribution in [0.3, 0.4) is 0 Å². The number of rotatable bonds is 13. The highest BCUT2D eigenvalue weighted by molar-refractivity contribution is 5.86. The van der Waals surface area contributed by atoms with Gasteiger partial charge >= 0.3 is 0 Å². The number of fused-ring (bicyclic) bond motifs is 1. The summed E-state index contributed by atoms with van der Waals surface area (Å²) in [5, 5.41) is 20.1. The number of ether oxygens (including phenoxy) is 1. The van der Waals surface area contributed by atoms with Crippen molar-refractivity contribution in [3.05, 3.63) is 71.5 Å². The zero-order chi connectivity index (χ0) is 26.9. The number of hydroxylamine groups is 1. The topological polar surface area (TPSA) is 94.6 Å². The van der Waals surface area contributed by atoms with Crippen LogP contribution in [0.25, 0.3) is 10.9 Å². The van der Waals surface area contributed by atoms with Crippen molar-refractivity contribution in [1.29, 1.82) is 0 Å². The Bertz CT molecular complexity index is 1080. The van der Waals surface area contributed by atoms with Gasteiger partial charge in [-0.3, -0.25) is 10.0 Å². The number of nitrogens with one attached hydrogen (secondary N) is 2. The summed E-state index contributed by atoms with van der Waals surface area (Å²) < 4.78 is 5.74. The minimum atomic E-state index is -0.518. The van der Waals surface area contributed by atoms with Crippen molar-refractivity contribution in [2.75, 3.05) is 13.2 Å². The first-order valence-corrected chi connectivity index (χ1v) is 12.8. The second-order valence-electron chi connectivity index (χ2n) is 10.7. The molecule has 0 aliphatic carbocycles. The van der Waals surface area contributed by atoms with Crippen molar-refractivity contribution < 1.29 is 19.8 Å². The fraction of sp³-hybridized carbons (Fsp3) is 0.500. The van der Waals surface area contributed by atoms with E-state index in [0.29, 0.717) is 19.6 Å². The lowest BCUT2D eigenvalue weighted by Crippen LogP contribution is -2.30. The molecule has 36 heavy (non-hydrogen) atoms. The fourth-order valence-electron chi connectivity index (χ4n) is 4.52. The van der Waals surface area contributed by atoms with Crippen molar-refractivity contribution in [2.24, 2.45) is 5.41 Å². The third-order valence-corrected chi connectivity index (χ3v) is 6.98. The van der Waals surface area contributed by atoms with Crippen LogP contribution in [0.15, 0.2) is 60.3 Å². The molecule has 1 amide bonds. The molecule has 0 aliphatic heterocycles. The van der Waals surface area contributed by atoms with E-state index in [9.17, 15) is 9.90 Å². The monoisotopic (exact) mass is 496 g/mol. The van der Waals surface area contributed by atoms with Gasteiger partial charge in [0, 0.05) is 28.9 Å². The van der Waals surface area contributed by atoms with Crippen LogP contribution in [0.5, 0.6) is 0 Å². The number of hydrogen-bond acceptors (Lipinski definition) is 4. The zero-order valence-electron chi connectivity index (χ0n) is 22.8. The number of carbonyl (C=O) groups excluding carboxylic acids is 1. The molecular formula is C30H44N2O4. The van der Waals surface area contributed by atoms with E-state index >= 15 is 0 Å². The van der Waals surface area contributed by atoms with Crippen LogP contribution >= 0.6 is 0 Å². The van der Waals surface area contributed by atoms with E-state index in [1.54, 1.807) is 5.48 Å². The molecule has 0 spiro atoms. The maximum absolute atomic E-state index is 11.4. The standard InChI is InChI=1S/C30H44N2O4/c1-8-30(9-2,23(17-21(3)4)11-10-16-36-20-27(33)29(5,6)7)25-19-31-26-18-22(12-14-24(25)26)13-15-28(34)32-35/h10-12,14,17-19,27,31,33,35H,3,8-9,13,15-16,20H2,1-2,4-7H3,(H,32,34)/b11-10-,23-17+. The Balaban J connectivity index is 2.35. The summed E-state index contributed by atoms with van der Waals surface area (Å²) in [6, 6.07) is 6.24. The average molecular weight is 497 g/mol. The molecule has 1 heterocycles. The van der Waals surface area contributed by atoms with Gasteiger partial charge in [0.2, 0.25) is 5.91 Å². The predicted octanol–water partition coefficient (Wildman–Crippen LogP) is 6.15. The largest absolute Gasteiger partial charge is 0.390 e. The Morgan fingerprint density at radius 1 is 1.25 bits per heavy atom. The van der Waals surface area contributed by atoms with E-state index in [2.05, 4.69) is 55.9 Å². The van der Waals surface area contributed by atoms with Crippen LogP contribution in [0.4, 0.5) is 0 Å². The van der Waals surface area contributed by atoms with Gasteiger partial charge in [-0.05, 0) is 54.4 Å². The SMILES string of the molecule is C=C(C)/C=C(\C=C/COCC(O)C(C)(C)C)C(CC)(CC)c1c[nH]c2cc(CCC(=O)NO)ccc12. The van der Waals surface area contributed by atoms with Crippen molar-refractivity contribution in [2.45, 2.75) is 78.7 Å². The molecule has 0 saturated heterocycles. The van der Waals surface area contributed by atoms with E-state index in [1.165, 1.54) is 11.1 Å². The van der Waals surface area contributed by atoms with Gasteiger partial charge in [0.1, 0.15) is 0 Å². The fourth-order valence-corrected chi connectivity index (χ4v) is 4.52. The zero-order valence-corrected chi connectivity index (χ0v) is 22.8. The Hall–Kier alpha value is -2.67. The summed E-state index contributed by atoms with van der Waals surface area (Å²) in [6.07, 6.45) is 10.5. The molecule has 198 valence electrons. The van der Waals surface area contributed by atoms with Crippen molar-refractivity contribution in [3.63, 3.8) is 0 Å². The predicted molar refractivity (Wildman–Crippen MR) is 147 cm³/mol. The number of benzene rings is 1. The van der Waals surface area contributed by atoms with Crippen LogP contribution in [0.2, 0.25) is 0 Å². The molecule has 0 bridgehead atoms. The van der Waals surface area contributed by atoms with Gasteiger partial charge in [0.05, 0.1) is 19.3 Å². The number of hydrogen-bond donors (Lipinski definition) is 4. The molecule has 4 N–H and O–H groups in total. The number of aliphatic hydroxyl groups is 1. The number of aliphatic hydroxyl groups excluding tert-OH is 1. The highest BCUT2D eigenvalue weighted by Crippen LogP contribution is 2.43. The first kappa shape index (κ1) is 29.6. The van der Waals surface area contributed by atoms with E-state index in [-0.39, 0.29) is 17.3 Å². The number of carbonyl (C=O) groups is 1. The number of allylic oxidation sites excluding steroid dienone is 4. The summed E-state index contributed by atoms with van der Waals surface area (Å²) >= 11 is 0. The van der Waals surface area contributed by atoms with Crippen LogP contribution in [-0.2, 0) is 21.4 Å². The lowest BCUT2D eigenvalue weighted by molar-refractivity contribution is -0.129. The Kier molecular flexibility index (Phi) is 10.7. The van der Waals surface area contributed by atoms with Gasteiger partial charge in [-0.1, -0.05) is 77.1 Å². The number of aromatic amines is 1. The summed E-state index contributed by atoms with van der Waals surface area (Å²) in [7, 11) is 0. The molecule has 6 heteroatoms. The Labute approximate surface area is 216 Å². The maximum atomic E-state index is 11.4. The molecule has 1 unspecified atom stereocenters. The maximum Gasteiger partial charge on any atom is 0.243 e. The second kappa shape index (κ2) is 13.0. The van der Waals surface area contributed by atoms with Gasteiger partial charge < -0.3 is 14.8 Å². The molecule has 1 aromatic heterocycles. The number of aromatic nitrogens is 1. The quantitative estimate of drug-likeness (QED) is 0.116. The average Bonchev–Trinajstić information content (AvgIpc) is 3.26. The molecule has 1 aromatic carbocycles. The normalized spacial score (nSPS) is 13.9. The number of aryl methyl sites for hydroxylation is 1. The van der Waals surface area contributed by atoms with Gasteiger partial charge in [-0.25, -0.2) is 5.48 Å². The van der Waals surface area contributed by atoms with Crippen LogP contribution in [-0.4, -0.2) is 40.5 Å². The van der Waals surface area contributed by atoms with E-state index < -0.39 is 12.0 Å². The number of amides is 1. The Morgan fingerprint density at radius 3 is 2.53 bits per heavy atom. The minimum absolute atomic E-state index is 0.214. The van der Waals surface area contributed by atoms with E-state index in [0.717, 1.165) is 34.9 Å². The van der Waals surface area contributed by atoms with E-state index in [4.69, 9.17) is 9.94 Å². The summed E-state index contributed by atoms with van der Waals surface area (Å²) in [5.41, 5.74) is 6.68.